The van der Waals surface area contributed by atoms with E-state index in [2.05, 4.69) is 31.9 Å². The summed E-state index contributed by atoms with van der Waals surface area (Å²) in [6.07, 6.45) is 1.48. The van der Waals surface area contributed by atoms with Gasteiger partial charge >= 0.3 is 0 Å². The number of amides is 3. The first-order valence-corrected chi connectivity index (χ1v) is 15.9. The van der Waals surface area contributed by atoms with Gasteiger partial charge in [0.05, 0.1) is 10.9 Å². The Kier molecular flexibility index (Phi) is 10.5. The summed E-state index contributed by atoms with van der Waals surface area (Å²) in [5, 5.41) is 7.60. The molecule has 0 spiro atoms. The van der Waals surface area contributed by atoms with Gasteiger partial charge in [0.15, 0.2) is 0 Å². The van der Waals surface area contributed by atoms with Crippen LogP contribution >= 0.6 is 27.7 Å². The molecule has 4 aromatic carbocycles. The monoisotopic (exact) mass is 697 g/mol. The van der Waals surface area contributed by atoms with Gasteiger partial charge in [-0.25, -0.2) is 4.39 Å². The third-order valence-electron chi connectivity index (χ3n) is 6.76. The second-order valence-electron chi connectivity index (χ2n) is 10.3. The van der Waals surface area contributed by atoms with Gasteiger partial charge in [-0.15, -0.1) is 11.8 Å². The zero-order valence-electron chi connectivity index (χ0n) is 24.8. The normalized spacial score (nSPS) is 11.9. The minimum atomic E-state index is -0.553. The van der Waals surface area contributed by atoms with E-state index in [-0.39, 0.29) is 17.3 Å². The number of halogens is 2. The second-order valence-corrected chi connectivity index (χ2v) is 12.6. The molecule has 0 aliphatic carbocycles. The van der Waals surface area contributed by atoms with Crippen molar-refractivity contribution in [2.75, 3.05) is 10.6 Å². The number of anilines is 2. The Balaban J connectivity index is 1.28. The van der Waals surface area contributed by atoms with Crippen LogP contribution in [-0.2, 0) is 9.59 Å². The van der Waals surface area contributed by atoms with Gasteiger partial charge in [-0.2, -0.15) is 0 Å². The summed E-state index contributed by atoms with van der Waals surface area (Å²) in [5.74, 6) is -0.880. The second kappa shape index (κ2) is 14.9. The number of aryl methyl sites for hydroxylation is 1. The molecule has 0 radical (unpaired) electrons. The maximum absolute atomic E-state index is 14.2. The van der Waals surface area contributed by atoms with Crippen molar-refractivity contribution >= 4 is 62.9 Å². The Morgan fingerprint density at radius 1 is 0.870 bits per heavy atom. The molecule has 10 heteroatoms. The molecule has 0 fully saturated rings. The lowest BCUT2D eigenvalue weighted by Gasteiger charge is -2.14. The SMILES string of the molecule is Cc1ccc(-c2ccc(/C=C(\NC(=O)c3ccccc3)C(=O)Nc3ccc(S[C@H](C)C(=O)Nc4ccc(Br)cc4F)cc3)o2)cc1. The first kappa shape index (κ1) is 32.5. The smallest absolute Gasteiger partial charge is 0.272 e. The maximum Gasteiger partial charge on any atom is 0.272 e. The molecule has 46 heavy (non-hydrogen) atoms. The highest BCUT2D eigenvalue weighted by Gasteiger charge is 2.18. The summed E-state index contributed by atoms with van der Waals surface area (Å²) >= 11 is 4.49. The molecule has 3 N–H and O–H groups in total. The van der Waals surface area contributed by atoms with Crippen LogP contribution in [-0.4, -0.2) is 23.0 Å². The zero-order valence-corrected chi connectivity index (χ0v) is 27.2. The third-order valence-corrected chi connectivity index (χ3v) is 8.37. The Morgan fingerprint density at radius 2 is 1.59 bits per heavy atom. The molecule has 0 saturated carbocycles. The van der Waals surface area contributed by atoms with Crippen LogP contribution in [0.3, 0.4) is 0 Å². The van der Waals surface area contributed by atoms with E-state index in [1.165, 1.54) is 30.0 Å². The van der Waals surface area contributed by atoms with E-state index in [4.69, 9.17) is 4.42 Å². The van der Waals surface area contributed by atoms with Crippen LogP contribution in [0.4, 0.5) is 15.8 Å². The first-order chi connectivity index (χ1) is 22.1. The fraction of sp³-hybridized carbons (Fsp3) is 0.0833. The number of hydrogen-bond acceptors (Lipinski definition) is 5. The molecular formula is C36H29BrFN3O4S. The molecule has 5 rings (SSSR count). The summed E-state index contributed by atoms with van der Waals surface area (Å²) in [4.78, 5) is 39.9. The summed E-state index contributed by atoms with van der Waals surface area (Å²) in [7, 11) is 0. The van der Waals surface area contributed by atoms with Crippen molar-refractivity contribution in [3.63, 3.8) is 0 Å². The summed E-state index contributed by atoms with van der Waals surface area (Å²) in [6.45, 7) is 3.72. The number of carbonyl (C=O) groups is 3. The van der Waals surface area contributed by atoms with Crippen molar-refractivity contribution in [1.29, 1.82) is 0 Å². The van der Waals surface area contributed by atoms with Crippen LogP contribution in [0.5, 0.6) is 0 Å². The summed E-state index contributed by atoms with van der Waals surface area (Å²) < 4.78 is 20.7. The van der Waals surface area contributed by atoms with Crippen LogP contribution in [0.25, 0.3) is 17.4 Å². The number of carbonyl (C=O) groups excluding carboxylic acids is 3. The van der Waals surface area contributed by atoms with Gasteiger partial charge in [0, 0.05) is 32.3 Å². The van der Waals surface area contributed by atoms with Gasteiger partial charge in [-0.3, -0.25) is 14.4 Å². The standard InChI is InChI=1S/C36H29BrFN3O4S/c1-22-8-10-24(11-9-22)33-19-15-28(45-33)21-32(41-35(43)25-6-4-3-5-7-25)36(44)39-27-13-16-29(17-14-27)46-23(2)34(42)40-31-18-12-26(37)20-30(31)38/h3-21,23H,1-2H3,(H,39,44)(H,40,42)(H,41,43)/b32-21-/t23-/m1/s1. The van der Waals surface area contributed by atoms with Gasteiger partial charge in [-0.1, -0.05) is 64.0 Å². The maximum atomic E-state index is 14.2. The molecular weight excluding hydrogens is 669 g/mol. The van der Waals surface area contributed by atoms with Gasteiger partial charge in [0.25, 0.3) is 11.8 Å². The molecule has 7 nitrogen and oxygen atoms in total. The van der Waals surface area contributed by atoms with E-state index in [1.807, 2.05) is 31.2 Å². The summed E-state index contributed by atoms with van der Waals surface area (Å²) in [6, 6.07) is 31.3. The molecule has 0 bridgehead atoms. The van der Waals surface area contributed by atoms with Gasteiger partial charge < -0.3 is 20.4 Å². The molecule has 0 saturated heterocycles. The van der Waals surface area contributed by atoms with Crippen molar-refractivity contribution in [2.45, 2.75) is 24.0 Å². The Morgan fingerprint density at radius 3 is 2.28 bits per heavy atom. The quantitative estimate of drug-likeness (QED) is 0.100. The van der Waals surface area contributed by atoms with Crippen molar-refractivity contribution in [3.8, 4) is 11.3 Å². The lowest BCUT2D eigenvalue weighted by atomic mass is 10.1. The topological polar surface area (TPSA) is 100 Å². The predicted octanol–water partition coefficient (Wildman–Crippen LogP) is 8.69. The van der Waals surface area contributed by atoms with Gasteiger partial charge in [0.1, 0.15) is 23.0 Å². The highest BCUT2D eigenvalue weighted by atomic mass is 79.9. The lowest BCUT2D eigenvalue weighted by Crippen LogP contribution is -2.30. The molecule has 1 heterocycles. The highest BCUT2D eigenvalue weighted by molar-refractivity contribution is 9.10. The van der Waals surface area contributed by atoms with Crippen molar-refractivity contribution < 1.29 is 23.2 Å². The molecule has 5 aromatic rings. The molecule has 3 amide bonds. The van der Waals surface area contributed by atoms with Crippen molar-refractivity contribution in [2.24, 2.45) is 0 Å². The van der Waals surface area contributed by atoms with Gasteiger partial charge in [0.2, 0.25) is 5.91 Å². The fourth-order valence-electron chi connectivity index (χ4n) is 4.29. The van der Waals surface area contributed by atoms with Crippen LogP contribution in [0.2, 0.25) is 0 Å². The predicted molar refractivity (Wildman–Crippen MR) is 184 cm³/mol. The van der Waals surface area contributed by atoms with Crippen LogP contribution < -0.4 is 16.0 Å². The number of thioether (sulfide) groups is 1. The highest BCUT2D eigenvalue weighted by Crippen LogP contribution is 2.28. The van der Waals surface area contributed by atoms with Crippen LogP contribution in [0.15, 0.2) is 129 Å². The average Bonchev–Trinajstić information content (AvgIpc) is 3.52. The van der Waals surface area contributed by atoms with Crippen LogP contribution in [0, 0.1) is 12.7 Å². The number of rotatable bonds is 10. The van der Waals surface area contributed by atoms with Crippen molar-refractivity contribution in [3.05, 3.63) is 142 Å². The molecule has 0 aliphatic heterocycles. The zero-order chi connectivity index (χ0) is 32.6. The molecule has 1 aromatic heterocycles. The van der Waals surface area contributed by atoms with E-state index in [0.717, 1.165) is 16.0 Å². The number of furan rings is 1. The molecule has 0 unspecified atom stereocenters. The Bertz CT molecular complexity index is 1890. The minimum absolute atomic E-state index is 0.0115. The third kappa shape index (κ3) is 8.62. The average molecular weight is 699 g/mol. The van der Waals surface area contributed by atoms with Crippen molar-refractivity contribution in [1.82, 2.24) is 5.32 Å². The van der Waals surface area contributed by atoms with E-state index in [1.54, 1.807) is 79.7 Å². The minimum Gasteiger partial charge on any atom is -0.457 e. The largest absolute Gasteiger partial charge is 0.457 e. The summed E-state index contributed by atoms with van der Waals surface area (Å²) in [5.41, 5.74) is 2.96. The fourth-order valence-corrected chi connectivity index (χ4v) is 5.49. The van der Waals surface area contributed by atoms with E-state index >= 15 is 0 Å². The molecule has 1 atom stereocenters. The van der Waals surface area contributed by atoms with Gasteiger partial charge in [-0.05, 0) is 80.6 Å². The number of nitrogens with one attached hydrogen (secondary N) is 3. The Hall–Kier alpha value is -4.93. The van der Waals surface area contributed by atoms with E-state index in [0.29, 0.717) is 27.2 Å². The van der Waals surface area contributed by atoms with Crippen LogP contribution in [0.1, 0.15) is 28.6 Å². The lowest BCUT2D eigenvalue weighted by molar-refractivity contribution is -0.115. The number of benzene rings is 4. The molecule has 232 valence electrons. The first-order valence-electron chi connectivity index (χ1n) is 14.2. The number of hydrogen-bond donors (Lipinski definition) is 3. The van der Waals surface area contributed by atoms with E-state index in [9.17, 15) is 18.8 Å². The Labute approximate surface area is 278 Å². The molecule has 0 aliphatic rings. The van der Waals surface area contributed by atoms with E-state index < -0.39 is 22.9 Å².